The van der Waals surface area contributed by atoms with Crippen LogP contribution in [0.5, 0.6) is 0 Å². The average Bonchev–Trinajstić information content (AvgIpc) is 2.58. The zero-order chi connectivity index (χ0) is 18.7. The number of unbranched alkanes of at least 4 members (excludes halogenated alkanes) is 2. The number of Topliss-reactive ketones (excluding diaryl/α,β-unsaturated/α-hetero) is 3. The van der Waals surface area contributed by atoms with Gasteiger partial charge in [0.1, 0.15) is 0 Å². The molecule has 0 aliphatic rings. The highest BCUT2D eigenvalue weighted by molar-refractivity contribution is 6.52. The van der Waals surface area contributed by atoms with Crippen LogP contribution in [0.4, 0.5) is 0 Å². The molecule has 0 aromatic carbocycles. The van der Waals surface area contributed by atoms with E-state index in [0.717, 1.165) is 12.8 Å². The number of hydrogen-bond donors (Lipinski definition) is 4. The first-order valence-electron chi connectivity index (χ1n) is 8.08. The van der Waals surface area contributed by atoms with E-state index in [1.165, 1.54) is 0 Å². The first kappa shape index (κ1) is 26.9. The van der Waals surface area contributed by atoms with Crippen LogP contribution in [0, 0.1) is 0 Å². The molecule has 148 valence electrons. The van der Waals surface area contributed by atoms with Gasteiger partial charge in [0.2, 0.25) is 0 Å². The minimum Gasteiger partial charge on any atom is -0.330 e. The monoisotopic (exact) mass is 418 g/mol. The summed E-state index contributed by atoms with van der Waals surface area (Å²) >= 11 is 11.7. The largest absolute Gasteiger partial charge is 0.330 e. The third-order valence-corrected chi connectivity index (χ3v) is 4.53. The lowest BCUT2D eigenvalue weighted by Gasteiger charge is -2.18. The fourth-order valence-electron chi connectivity index (χ4n) is 2.09. The van der Waals surface area contributed by atoms with E-state index in [0.29, 0.717) is 38.8 Å². The van der Waals surface area contributed by atoms with Crippen molar-refractivity contribution in [2.24, 2.45) is 22.9 Å². The zero-order valence-corrected chi connectivity index (χ0v) is 16.5. The van der Waals surface area contributed by atoms with Gasteiger partial charge in [0.05, 0.1) is 12.1 Å². The normalized spacial score (nSPS) is 15.6. The highest BCUT2D eigenvalue weighted by Gasteiger charge is 2.37. The van der Waals surface area contributed by atoms with Crippen molar-refractivity contribution in [2.75, 3.05) is 13.1 Å². The summed E-state index contributed by atoms with van der Waals surface area (Å²) in [5.41, 5.74) is 22.2. The molecule has 7 nitrogen and oxygen atoms in total. The molecule has 0 aromatic rings. The zero-order valence-electron chi connectivity index (χ0n) is 14.2. The van der Waals surface area contributed by atoms with E-state index < -0.39 is 40.2 Å². The van der Waals surface area contributed by atoms with E-state index in [4.69, 9.17) is 46.1 Å². The molecule has 10 heteroatoms. The Morgan fingerprint density at radius 3 is 1.28 bits per heavy atom. The summed E-state index contributed by atoms with van der Waals surface area (Å²) in [7, 11) is 0. The molecule has 0 aliphatic heterocycles. The second-order valence-corrected chi connectivity index (χ2v) is 6.59. The van der Waals surface area contributed by atoms with Crippen molar-refractivity contribution in [2.45, 2.75) is 61.4 Å². The Kier molecular flexibility index (Phi) is 16.0. The first-order chi connectivity index (χ1) is 11.3. The predicted octanol–water partition coefficient (Wildman–Crippen LogP) is 0.243. The highest BCUT2D eigenvalue weighted by atomic mass is 35.5. The SMILES string of the molecule is Cl.NCCCC[C@H](N)C(=O)C(Cl)C(=O)C(Cl)C(=O)[C@@H](N)CCCCN. The quantitative estimate of drug-likeness (QED) is 0.178. The molecule has 8 N–H and O–H groups in total. The number of ketones is 3. The summed E-state index contributed by atoms with van der Waals surface area (Å²) in [6.07, 6.45) is 3.47. The molecular weight excluding hydrogens is 391 g/mol. The summed E-state index contributed by atoms with van der Waals surface area (Å²) in [6.45, 7) is 0.981. The van der Waals surface area contributed by atoms with Gasteiger partial charge in [-0.2, -0.15) is 0 Å². The van der Waals surface area contributed by atoms with Crippen LogP contribution in [0.1, 0.15) is 38.5 Å². The van der Waals surface area contributed by atoms with E-state index >= 15 is 0 Å². The topological polar surface area (TPSA) is 155 Å². The van der Waals surface area contributed by atoms with Crippen molar-refractivity contribution >= 4 is 53.0 Å². The number of nitrogens with two attached hydrogens (primary N) is 4. The van der Waals surface area contributed by atoms with E-state index in [1.54, 1.807) is 0 Å². The lowest BCUT2D eigenvalue weighted by atomic mass is 9.96. The number of halogens is 3. The van der Waals surface area contributed by atoms with Crippen LogP contribution >= 0.6 is 35.6 Å². The van der Waals surface area contributed by atoms with Crippen molar-refractivity contribution in [1.82, 2.24) is 0 Å². The Balaban J connectivity index is 0. The van der Waals surface area contributed by atoms with Crippen molar-refractivity contribution in [3.05, 3.63) is 0 Å². The van der Waals surface area contributed by atoms with Crippen LogP contribution in [0.2, 0.25) is 0 Å². The summed E-state index contributed by atoms with van der Waals surface area (Å²) in [5, 5.41) is -3.11. The lowest BCUT2D eigenvalue weighted by Crippen LogP contribution is -2.47. The molecule has 25 heavy (non-hydrogen) atoms. The lowest BCUT2D eigenvalue weighted by molar-refractivity contribution is -0.130. The van der Waals surface area contributed by atoms with Crippen LogP contribution in [-0.4, -0.2) is 53.3 Å². The third-order valence-electron chi connectivity index (χ3n) is 3.67. The Labute approximate surface area is 164 Å². The molecule has 0 amide bonds. The van der Waals surface area contributed by atoms with Crippen LogP contribution < -0.4 is 22.9 Å². The van der Waals surface area contributed by atoms with Crippen LogP contribution in [-0.2, 0) is 14.4 Å². The number of hydrogen-bond acceptors (Lipinski definition) is 7. The summed E-state index contributed by atoms with van der Waals surface area (Å²) in [6, 6.07) is -1.78. The van der Waals surface area contributed by atoms with Gasteiger partial charge in [-0.25, -0.2) is 0 Å². The van der Waals surface area contributed by atoms with Gasteiger partial charge in [0, 0.05) is 0 Å². The van der Waals surface area contributed by atoms with Crippen molar-refractivity contribution in [3.8, 4) is 0 Å². The van der Waals surface area contributed by atoms with Gasteiger partial charge in [-0.1, -0.05) is 12.8 Å². The van der Waals surface area contributed by atoms with Gasteiger partial charge in [-0.15, -0.1) is 35.6 Å². The predicted molar refractivity (Wildman–Crippen MR) is 103 cm³/mol. The fourth-order valence-corrected chi connectivity index (χ4v) is 2.73. The maximum absolute atomic E-state index is 12.1. The molecule has 0 aromatic heterocycles. The second-order valence-electron chi connectivity index (χ2n) is 5.71. The molecule has 0 bridgehead atoms. The molecular formula is C15H29Cl3N4O3. The molecule has 0 saturated heterocycles. The van der Waals surface area contributed by atoms with Gasteiger partial charge in [0.15, 0.2) is 28.1 Å². The fraction of sp³-hybridized carbons (Fsp3) is 0.800. The second kappa shape index (κ2) is 14.8. The van der Waals surface area contributed by atoms with Gasteiger partial charge in [0.25, 0.3) is 0 Å². The van der Waals surface area contributed by atoms with E-state index in [9.17, 15) is 14.4 Å². The van der Waals surface area contributed by atoms with Crippen LogP contribution in [0.25, 0.3) is 0 Å². The minimum atomic E-state index is -1.56. The number of carbonyl (C=O) groups is 3. The molecule has 0 aliphatic carbocycles. The maximum atomic E-state index is 12.1. The molecule has 2 unspecified atom stereocenters. The Bertz CT molecular complexity index is 391. The molecule has 0 fully saturated rings. The van der Waals surface area contributed by atoms with Crippen LogP contribution in [0.3, 0.4) is 0 Å². The third kappa shape index (κ3) is 9.84. The molecule has 0 heterocycles. The highest BCUT2D eigenvalue weighted by Crippen LogP contribution is 2.15. The van der Waals surface area contributed by atoms with E-state index in [1.807, 2.05) is 0 Å². The standard InChI is InChI=1S/C15H28Cl2N4O3.ClH/c16-11(13(22)9(20)5-1-3-7-18)15(24)12(17)14(23)10(21)6-2-4-8-19;/h9-12H,1-8,18-21H2;1H/t9-,10-,11?,12?;/m0./s1. The minimum absolute atomic E-state index is 0. The van der Waals surface area contributed by atoms with Crippen LogP contribution in [0.15, 0.2) is 0 Å². The average molecular weight is 420 g/mol. The van der Waals surface area contributed by atoms with Gasteiger partial charge in [-0.3, -0.25) is 14.4 Å². The van der Waals surface area contributed by atoms with Crippen molar-refractivity contribution in [3.63, 3.8) is 0 Å². The molecule has 0 radical (unpaired) electrons. The van der Waals surface area contributed by atoms with Crippen molar-refractivity contribution in [1.29, 1.82) is 0 Å². The maximum Gasteiger partial charge on any atom is 0.183 e. The Morgan fingerprint density at radius 1 is 0.680 bits per heavy atom. The molecule has 0 rings (SSSR count). The van der Waals surface area contributed by atoms with E-state index in [2.05, 4.69) is 0 Å². The van der Waals surface area contributed by atoms with Gasteiger partial charge >= 0.3 is 0 Å². The van der Waals surface area contributed by atoms with Crippen molar-refractivity contribution < 1.29 is 14.4 Å². The number of carbonyl (C=O) groups excluding carboxylic acids is 3. The summed E-state index contributed by atoms with van der Waals surface area (Å²) < 4.78 is 0. The first-order valence-corrected chi connectivity index (χ1v) is 8.95. The smallest absolute Gasteiger partial charge is 0.183 e. The molecule has 4 atom stereocenters. The van der Waals surface area contributed by atoms with Gasteiger partial charge < -0.3 is 22.9 Å². The van der Waals surface area contributed by atoms with Gasteiger partial charge in [-0.05, 0) is 38.8 Å². The summed E-state index contributed by atoms with van der Waals surface area (Å²) in [4.78, 5) is 36.3. The molecule has 0 spiro atoms. The number of alkyl halides is 2. The molecule has 0 saturated carbocycles. The Hall–Kier alpha value is -0.280. The number of rotatable bonds is 14. The summed E-state index contributed by atoms with van der Waals surface area (Å²) in [5.74, 6) is -2.17. The van der Waals surface area contributed by atoms with E-state index in [-0.39, 0.29) is 12.4 Å². The Morgan fingerprint density at radius 2 is 1.00 bits per heavy atom.